The van der Waals surface area contributed by atoms with Crippen molar-refractivity contribution in [2.24, 2.45) is 0 Å². The van der Waals surface area contributed by atoms with Crippen LogP contribution in [-0.4, -0.2) is 28.0 Å². The van der Waals surface area contributed by atoms with Gasteiger partial charge in [-0.3, -0.25) is 4.79 Å². The molecule has 1 aromatic heterocycles. The largest absolute Gasteiger partial charge is 0.484 e. The summed E-state index contributed by atoms with van der Waals surface area (Å²) in [6.07, 6.45) is 0.667. The van der Waals surface area contributed by atoms with Crippen molar-refractivity contribution in [2.75, 3.05) is 6.61 Å². The number of ether oxygens (including phenoxy) is 2. The molecule has 0 radical (unpaired) electrons. The number of thioether (sulfide) groups is 1. The molecule has 0 N–H and O–H groups in total. The predicted molar refractivity (Wildman–Crippen MR) is 79.8 cm³/mol. The highest BCUT2D eigenvalue weighted by atomic mass is 32.2. The Balaban J connectivity index is 1.59. The third-order valence-electron chi connectivity index (χ3n) is 3.27. The molecule has 6 nitrogen and oxygen atoms in total. The van der Waals surface area contributed by atoms with E-state index in [1.165, 1.54) is 11.8 Å². The smallest absolute Gasteiger partial charge is 0.319 e. The van der Waals surface area contributed by atoms with Crippen LogP contribution in [0.2, 0.25) is 0 Å². The second-order valence-electron chi connectivity index (χ2n) is 5.08. The summed E-state index contributed by atoms with van der Waals surface area (Å²) in [6, 6.07) is 6.01. The Hall–Kier alpha value is -2.02. The first-order valence-electron chi connectivity index (χ1n) is 6.97. The van der Waals surface area contributed by atoms with E-state index in [0.29, 0.717) is 24.1 Å². The van der Waals surface area contributed by atoms with Crippen molar-refractivity contribution in [3.8, 4) is 5.75 Å². The zero-order valence-corrected chi connectivity index (χ0v) is 13.2. The lowest BCUT2D eigenvalue weighted by molar-refractivity contribution is -0.137. The summed E-state index contributed by atoms with van der Waals surface area (Å²) in [5.41, 5.74) is 2.18. The Kier molecular flexibility index (Phi) is 4.33. The number of esters is 1. The SMILES string of the molecule is Cc1ccc(C)c(OCc2nnc(S[C@H]3CCOC3=O)o2)c1. The van der Waals surface area contributed by atoms with E-state index in [-0.39, 0.29) is 17.8 Å². The normalized spacial score (nSPS) is 17.5. The standard InChI is InChI=1S/C15H16N2O4S/c1-9-3-4-10(2)11(7-9)20-8-13-16-17-15(21-13)22-12-5-6-19-14(12)18/h3-4,7,12H,5-6,8H2,1-2H3/t12-/m0/s1. The molecule has 2 heterocycles. The number of benzene rings is 1. The average molecular weight is 320 g/mol. The minimum atomic E-state index is -0.256. The molecule has 116 valence electrons. The number of rotatable bonds is 5. The maximum Gasteiger partial charge on any atom is 0.319 e. The molecule has 7 heteroatoms. The molecule has 1 fully saturated rings. The maximum atomic E-state index is 11.4. The van der Waals surface area contributed by atoms with E-state index in [9.17, 15) is 4.79 Å². The predicted octanol–water partition coefficient (Wildman–Crippen LogP) is 2.67. The number of hydrogen-bond donors (Lipinski definition) is 0. The van der Waals surface area contributed by atoms with Crippen LogP contribution < -0.4 is 4.74 Å². The monoisotopic (exact) mass is 320 g/mol. The van der Waals surface area contributed by atoms with Crippen LogP contribution in [0.4, 0.5) is 0 Å². The van der Waals surface area contributed by atoms with Crippen molar-refractivity contribution in [3.05, 3.63) is 35.2 Å². The van der Waals surface area contributed by atoms with Crippen LogP contribution in [0.1, 0.15) is 23.4 Å². The average Bonchev–Trinajstić information content (AvgIpc) is 3.10. The number of carbonyl (C=O) groups excluding carboxylic acids is 1. The number of aryl methyl sites for hydroxylation is 2. The van der Waals surface area contributed by atoms with Gasteiger partial charge in [0.25, 0.3) is 11.1 Å². The van der Waals surface area contributed by atoms with E-state index in [0.717, 1.165) is 16.9 Å². The lowest BCUT2D eigenvalue weighted by Crippen LogP contribution is -2.09. The van der Waals surface area contributed by atoms with E-state index < -0.39 is 0 Å². The molecule has 0 spiro atoms. The number of hydrogen-bond acceptors (Lipinski definition) is 7. The molecular formula is C15H16N2O4S. The minimum Gasteiger partial charge on any atom is -0.484 e. The van der Waals surface area contributed by atoms with Gasteiger partial charge in [-0.25, -0.2) is 0 Å². The Morgan fingerprint density at radius 2 is 2.23 bits per heavy atom. The summed E-state index contributed by atoms with van der Waals surface area (Å²) in [7, 11) is 0. The van der Waals surface area contributed by atoms with E-state index >= 15 is 0 Å². The van der Waals surface area contributed by atoms with E-state index in [4.69, 9.17) is 13.9 Å². The first kappa shape index (κ1) is 14.9. The lowest BCUT2D eigenvalue weighted by Gasteiger charge is -2.07. The highest BCUT2D eigenvalue weighted by Crippen LogP contribution is 2.28. The van der Waals surface area contributed by atoms with E-state index in [2.05, 4.69) is 10.2 Å². The third-order valence-corrected chi connectivity index (χ3v) is 4.35. The number of cyclic esters (lactones) is 1. The molecule has 0 unspecified atom stereocenters. The van der Waals surface area contributed by atoms with Crippen LogP contribution in [0.15, 0.2) is 27.8 Å². The second-order valence-corrected chi connectivity index (χ2v) is 6.24. The van der Waals surface area contributed by atoms with Gasteiger partial charge in [0.2, 0.25) is 0 Å². The van der Waals surface area contributed by atoms with Gasteiger partial charge in [-0.2, -0.15) is 0 Å². The molecule has 0 saturated carbocycles. The second kappa shape index (κ2) is 6.39. The molecule has 2 aromatic rings. The maximum absolute atomic E-state index is 11.4. The zero-order chi connectivity index (χ0) is 15.5. The van der Waals surface area contributed by atoms with Crippen molar-refractivity contribution < 1.29 is 18.7 Å². The first-order chi connectivity index (χ1) is 10.6. The van der Waals surface area contributed by atoms with Gasteiger partial charge in [-0.05, 0) is 42.8 Å². The minimum absolute atomic E-state index is 0.201. The zero-order valence-electron chi connectivity index (χ0n) is 12.4. The van der Waals surface area contributed by atoms with Gasteiger partial charge in [-0.1, -0.05) is 12.1 Å². The Morgan fingerprint density at radius 1 is 1.36 bits per heavy atom. The summed E-state index contributed by atoms with van der Waals surface area (Å²) in [4.78, 5) is 11.4. The first-order valence-corrected chi connectivity index (χ1v) is 7.85. The molecule has 3 rings (SSSR count). The van der Waals surface area contributed by atoms with Gasteiger partial charge < -0.3 is 13.9 Å². The van der Waals surface area contributed by atoms with Crippen LogP contribution in [0, 0.1) is 13.8 Å². The van der Waals surface area contributed by atoms with Gasteiger partial charge in [0.1, 0.15) is 11.0 Å². The topological polar surface area (TPSA) is 74.5 Å². The molecule has 1 aliphatic rings. The molecule has 0 aliphatic carbocycles. The van der Waals surface area contributed by atoms with Crippen molar-refractivity contribution in [3.63, 3.8) is 0 Å². The molecule has 1 atom stereocenters. The quantitative estimate of drug-likeness (QED) is 0.784. The number of aromatic nitrogens is 2. The molecule has 1 aliphatic heterocycles. The molecule has 22 heavy (non-hydrogen) atoms. The fraction of sp³-hybridized carbons (Fsp3) is 0.400. The molecule has 1 saturated heterocycles. The van der Waals surface area contributed by atoms with Gasteiger partial charge in [0.05, 0.1) is 6.61 Å². The Bertz CT molecular complexity index is 686. The molecule has 1 aromatic carbocycles. The summed E-state index contributed by atoms with van der Waals surface area (Å²) in [6.45, 7) is 4.64. The van der Waals surface area contributed by atoms with Gasteiger partial charge in [-0.15, -0.1) is 10.2 Å². The molecule has 0 amide bonds. The summed E-state index contributed by atoms with van der Waals surface area (Å²) < 4.78 is 16.1. The van der Waals surface area contributed by atoms with Gasteiger partial charge in [0, 0.05) is 6.42 Å². The molecular weight excluding hydrogens is 304 g/mol. The van der Waals surface area contributed by atoms with Crippen LogP contribution in [0.5, 0.6) is 5.75 Å². The van der Waals surface area contributed by atoms with E-state index in [1.54, 1.807) is 0 Å². The highest BCUT2D eigenvalue weighted by molar-refractivity contribution is 8.00. The molecule has 0 bridgehead atoms. The summed E-state index contributed by atoms with van der Waals surface area (Å²) in [5, 5.41) is 7.97. The van der Waals surface area contributed by atoms with Crippen LogP contribution in [0.25, 0.3) is 0 Å². The van der Waals surface area contributed by atoms with Crippen LogP contribution in [0.3, 0.4) is 0 Å². The van der Waals surface area contributed by atoms with Crippen molar-refractivity contribution in [1.82, 2.24) is 10.2 Å². The Morgan fingerprint density at radius 3 is 3.00 bits per heavy atom. The number of nitrogens with zero attached hydrogens (tertiary/aromatic N) is 2. The van der Waals surface area contributed by atoms with Crippen molar-refractivity contribution >= 4 is 17.7 Å². The van der Waals surface area contributed by atoms with Gasteiger partial charge in [0.15, 0.2) is 6.61 Å². The lowest BCUT2D eigenvalue weighted by atomic mass is 10.1. The number of carbonyl (C=O) groups is 1. The van der Waals surface area contributed by atoms with Gasteiger partial charge >= 0.3 is 5.97 Å². The Labute approximate surface area is 132 Å². The van der Waals surface area contributed by atoms with Crippen LogP contribution in [-0.2, 0) is 16.1 Å². The van der Waals surface area contributed by atoms with Crippen molar-refractivity contribution in [1.29, 1.82) is 0 Å². The fourth-order valence-electron chi connectivity index (χ4n) is 2.05. The fourth-order valence-corrected chi connectivity index (χ4v) is 2.91. The van der Waals surface area contributed by atoms with E-state index in [1.807, 2.05) is 32.0 Å². The summed E-state index contributed by atoms with van der Waals surface area (Å²) >= 11 is 1.24. The third kappa shape index (κ3) is 3.41. The highest BCUT2D eigenvalue weighted by Gasteiger charge is 2.29. The van der Waals surface area contributed by atoms with Crippen molar-refractivity contribution in [2.45, 2.75) is 37.3 Å². The summed E-state index contributed by atoms with van der Waals surface area (Å²) in [5.74, 6) is 0.956. The van der Waals surface area contributed by atoms with Crippen LogP contribution >= 0.6 is 11.8 Å².